The number of nitrogens with zero attached hydrogens (tertiary/aromatic N) is 3. The molecule has 0 N–H and O–H groups in total. The Morgan fingerprint density at radius 1 is 1.33 bits per heavy atom. The summed E-state index contributed by atoms with van der Waals surface area (Å²) >= 11 is 0. The maximum absolute atomic E-state index is 11.7. The van der Waals surface area contributed by atoms with Crippen molar-refractivity contribution < 1.29 is 14.3 Å². The third kappa shape index (κ3) is 3.19. The zero-order valence-corrected chi connectivity index (χ0v) is 14.5. The molecule has 0 fully saturated rings. The summed E-state index contributed by atoms with van der Waals surface area (Å²) in [4.78, 5) is 11.7. The number of hydrogen-bond donors (Lipinski definition) is 0. The molecular formula is C18H23N3O3. The molecule has 128 valence electrons. The molecule has 6 heteroatoms. The normalized spacial score (nSPS) is 23.4. The number of methoxy groups -OCH3 is 1. The molecule has 3 atom stereocenters. The van der Waals surface area contributed by atoms with Crippen LogP contribution in [0.5, 0.6) is 0 Å². The molecule has 0 unspecified atom stereocenters. The molecule has 0 spiro atoms. The Hall–Kier alpha value is -2.21. The van der Waals surface area contributed by atoms with E-state index in [0.717, 1.165) is 11.3 Å². The fourth-order valence-electron chi connectivity index (χ4n) is 3.25. The number of carbonyl (C=O) groups excluding carboxylic acids is 1. The predicted octanol–water partition coefficient (Wildman–Crippen LogP) is 2.57. The fourth-order valence-corrected chi connectivity index (χ4v) is 3.25. The molecule has 1 aromatic heterocycles. The first kappa shape index (κ1) is 16.6. The van der Waals surface area contributed by atoms with Crippen LogP contribution in [-0.2, 0) is 27.2 Å². The van der Waals surface area contributed by atoms with E-state index >= 15 is 0 Å². The average Bonchev–Trinajstić information content (AvgIpc) is 2.89. The van der Waals surface area contributed by atoms with Gasteiger partial charge in [0, 0.05) is 5.92 Å². The Kier molecular flexibility index (Phi) is 4.66. The Morgan fingerprint density at radius 3 is 2.71 bits per heavy atom. The SMILES string of the molecule is COC(=O)Cc1nnn2c1[C@H](C)[C@H](c1ccc(C)cc1)O[C@@H](C)C2. The van der Waals surface area contributed by atoms with Gasteiger partial charge in [-0.15, -0.1) is 5.10 Å². The van der Waals surface area contributed by atoms with Crippen molar-refractivity contribution in [2.75, 3.05) is 7.11 Å². The summed E-state index contributed by atoms with van der Waals surface area (Å²) in [5.74, 6) is -0.275. The third-order valence-electron chi connectivity index (χ3n) is 4.49. The highest BCUT2D eigenvalue weighted by Crippen LogP contribution is 2.38. The van der Waals surface area contributed by atoms with Crippen LogP contribution in [-0.4, -0.2) is 34.2 Å². The first-order valence-corrected chi connectivity index (χ1v) is 8.20. The molecule has 24 heavy (non-hydrogen) atoms. The quantitative estimate of drug-likeness (QED) is 0.810. The second-order valence-electron chi connectivity index (χ2n) is 6.42. The van der Waals surface area contributed by atoms with Crippen LogP contribution in [0.3, 0.4) is 0 Å². The predicted molar refractivity (Wildman–Crippen MR) is 88.6 cm³/mol. The Bertz CT molecular complexity index is 724. The number of fused-ring (bicyclic) bond motifs is 1. The van der Waals surface area contributed by atoms with Crippen molar-refractivity contribution in [2.45, 2.75) is 51.9 Å². The van der Waals surface area contributed by atoms with Crippen LogP contribution in [0, 0.1) is 6.92 Å². The van der Waals surface area contributed by atoms with Crippen LogP contribution < -0.4 is 0 Å². The van der Waals surface area contributed by atoms with Gasteiger partial charge in [0.15, 0.2) is 0 Å². The van der Waals surface area contributed by atoms with E-state index in [1.54, 1.807) is 0 Å². The van der Waals surface area contributed by atoms with Crippen LogP contribution in [0.4, 0.5) is 0 Å². The van der Waals surface area contributed by atoms with Crippen LogP contribution in [0.2, 0.25) is 0 Å². The number of benzene rings is 1. The Balaban J connectivity index is 1.99. The molecule has 0 aliphatic carbocycles. The van der Waals surface area contributed by atoms with Gasteiger partial charge in [-0.1, -0.05) is 42.0 Å². The van der Waals surface area contributed by atoms with E-state index in [4.69, 9.17) is 9.47 Å². The maximum atomic E-state index is 11.7. The van der Waals surface area contributed by atoms with E-state index in [1.165, 1.54) is 12.7 Å². The summed E-state index contributed by atoms with van der Waals surface area (Å²) < 4.78 is 12.9. The van der Waals surface area contributed by atoms with Gasteiger partial charge in [0.05, 0.1) is 43.7 Å². The summed E-state index contributed by atoms with van der Waals surface area (Å²) in [5, 5.41) is 8.44. The molecular weight excluding hydrogens is 306 g/mol. The first-order valence-electron chi connectivity index (χ1n) is 8.20. The van der Waals surface area contributed by atoms with Crippen molar-refractivity contribution >= 4 is 5.97 Å². The van der Waals surface area contributed by atoms with Crippen molar-refractivity contribution in [3.05, 3.63) is 46.8 Å². The van der Waals surface area contributed by atoms with Gasteiger partial charge in [0.25, 0.3) is 0 Å². The highest BCUT2D eigenvalue weighted by atomic mass is 16.5. The lowest BCUT2D eigenvalue weighted by atomic mass is 9.92. The first-order chi connectivity index (χ1) is 11.5. The highest BCUT2D eigenvalue weighted by Gasteiger charge is 2.33. The molecule has 2 heterocycles. The molecule has 1 aliphatic rings. The number of ether oxygens (including phenoxy) is 2. The van der Waals surface area contributed by atoms with E-state index in [0.29, 0.717) is 12.2 Å². The van der Waals surface area contributed by atoms with Crippen LogP contribution in [0.25, 0.3) is 0 Å². The minimum atomic E-state index is -0.310. The van der Waals surface area contributed by atoms with Crippen molar-refractivity contribution in [2.24, 2.45) is 0 Å². The Morgan fingerprint density at radius 2 is 2.04 bits per heavy atom. The molecule has 3 rings (SSSR count). The minimum Gasteiger partial charge on any atom is -0.469 e. The summed E-state index contributed by atoms with van der Waals surface area (Å²) in [6.45, 7) is 6.82. The Labute approximate surface area is 141 Å². The van der Waals surface area contributed by atoms with E-state index in [1.807, 2.05) is 11.6 Å². The lowest BCUT2D eigenvalue weighted by molar-refractivity contribution is -0.139. The topological polar surface area (TPSA) is 66.2 Å². The van der Waals surface area contributed by atoms with Crippen LogP contribution in [0.15, 0.2) is 24.3 Å². The third-order valence-corrected chi connectivity index (χ3v) is 4.49. The zero-order chi connectivity index (χ0) is 17.3. The monoisotopic (exact) mass is 329 g/mol. The van der Waals surface area contributed by atoms with Gasteiger partial charge in [-0.05, 0) is 19.4 Å². The number of rotatable bonds is 3. The smallest absolute Gasteiger partial charge is 0.311 e. The minimum absolute atomic E-state index is 0.00711. The standard InChI is InChI=1S/C18H23N3O3/c1-11-5-7-14(8-6-11)18-13(3)17-15(9-16(22)23-4)19-20-21(17)10-12(2)24-18/h5-8,12-13,18H,9-10H2,1-4H3/t12-,13-,18+/m0/s1. The van der Waals surface area contributed by atoms with Crippen LogP contribution >= 0.6 is 0 Å². The van der Waals surface area contributed by atoms with E-state index in [9.17, 15) is 4.79 Å². The largest absolute Gasteiger partial charge is 0.469 e. The number of esters is 1. The van der Waals surface area contributed by atoms with Gasteiger partial charge in [-0.2, -0.15) is 0 Å². The molecule has 0 radical (unpaired) electrons. The van der Waals surface area contributed by atoms with Crippen molar-refractivity contribution in [3.63, 3.8) is 0 Å². The fraction of sp³-hybridized carbons (Fsp3) is 0.500. The molecule has 2 aromatic rings. The number of carbonyl (C=O) groups is 1. The van der Waals surface area contributed by atoms with Crippen molar-refractivity contribution in [3.8, 4) is 0 Å². The van der Waals surface area contributed by atoms with Gasteiger partial charge < -0.3 is 9.47 Å². The molecule has 0 saturated carbocycles. The highest BCUT2D eigenvalue weighted by molar-refractivity contribution is 5.72. The van der Waals surface area contributed by atoms with E-state index < -0.39 is 0 Å². The molecule has 6 nitrogen and oxygen atoms in total. The summed E-state index contributed by atoms with van der Waals surface area (Å²) in [6, 6.07) is 8.38. The number of aromatic nitrogens is 3. The van der Waals surface area contributed by atoms with Gasteiger partial charge in [-0.25, -0.2) is 4.68 Å². The zero-order valence-electron chi connectivity index (χ0n) is 14.5. The lowest BCUT2D eigenvalue weighted by Gasteiger charge is -2.24. The average molecular weight is 329 g/mol. The molecule has 0 amide bonds. The molecule has 0 saturated heterocycles. The van der Waals surface area contributed by atoms with Gasteiger partial charge in [0.2, 0.25) is 0 Å². The van der Waals surface area contributed by atoms with Crippen LogP contribution in [0.1, 0.15) is 48.4 Å². The van der Waals surface area contributed by atoms with Gasteiger partial charge >= 0.3 is 5.97 Å². The molecule has 0 bridgehead atoms. The van der Waals surface area contributed by atoms with Crippen molar-refractivity contribution in [1.82, 2.24) is 15.0 Å². The second-order valence-corrected chi connectivity index (χ2v) is 6.42. The maximum Gasteiger partial charge on any atom is 0.311 e. The van der Waals surface area contributed by atoms with Gasteiger partial charge in [0.1, 0.15) is 0 Å². The van der Waals surface area contributed by atoms with E-state index in [-0.39, 0.29) is 30.5 Å². The molecule has 1 aliphatic heterocycles. The number of hydrogen-bond acceptors (Lipinski definition) is 5. The second kappa shape index (κ2) is 6.73. The van der Waals surface area contributed by atoms with E-state index in [2.05, 4.69) is 48.4 Å². The summed E-state index contributed by atoms with van der Waals surface area (Å²) in [5.41, 5.74) is 3.96. The van der Waals surface area contributed by atoms with Gasteiger partial charge in [-0.3, -0.25) is 4.79 Å². The number of aryl methyl sites for hydroxylation is 1. The lowest BCUT2D eigenvalue weighted by Crippen LogP contribution is -2.17. The molecule has 1 aromatic carbocycles. The summed E-state index contributed by atoms with van der Waals surface area (Å²) in [6.07, 6.45) is 0.0370. The van der Waals surface area contributed by atoms with Crippen molar-refractivity contribution in [1.29, 1.82) is 0 Å². The summed E-state index contributed by atoms with van der Waals surface area (Å²) in [7, 11) is 1.38.